The molecule has 0 saturated carbocycles. The van der Waals surface area contributed by atoms with Crippen molar-refractivity contribution in [2.75, 3.05) is 24.6 Å². The topological polar surface area (TPSA) is 0 Å². The lowest BCUT2D eigenvalue weighted by atomic mass is 10.2. The van der Waals surface area contributed by atoms with E-state index in [1.807, 2.05) is 0 Å². The summed E-state index contributed by atoms with van der Waals surface area (Å²) in [6, 6.07) is 0. The van der Waals surface area contributed by atoms with Gasteiger partial charge >= 0.3 is 0 Å². The summed E-state index contributed by atoms with van der Waals surface area (Å²) >= 11 is 0. The molecule has 1 aliphatic heterocycles. The van der Waals surface area contributed by atoms with Crippen LogP contribution in [-0.2, 0) is 0 Å². The van der Waals surface area contributed by atoms with E-state index in [0.29, 0.717) is 0 Å². The second-order valence-corrected chi connectivity index (χ2v) is 7.33. The summed E-state index contributed by atoms with van der Waals surface area (Å²) in [4.78, 5) is 0. The minimum atomic E-state index is 1.28. The van der Waals surface area contributed by atoms with Crippen molar-refractivity contribution in [3.05, 3.63) is 0 Å². The van der Waals surface area contributed by atoms with Gasteiger partial charge in [-0.1, -0.05) is 25.7 Å². The van der Waals surface area contributed by atoms with Gasteiger partial charge in [-0.3, -0.25) is 0 Å². The van der Waals surface area contributed by atoms with Crippen LogP contribution in [0.5, 0.6) is 0 Å². The number of hydrogen-bond acceptors (Lipinski definition) is 0. The van der Waals surface area contributed by atoms with Crippen molar-refractivity contribution < 1.29 is 0 Å². The van der Waals surface area contributed by atoms with Gasteiger partial charge in [0.1, 0.15) is 0 Å². The molecule has 1 saturated heterocycles. The van der Waals surface area contributed by atoms with E-state index < -0.39 is 0 Å². The highest BCUT2D eigenvalue weighted by Crippen LogP contribution is 2.21. The van der Waals surface area contributed by atoms with Crippen LogP contribution in [0.2, 0.25) is 0 Å². The van der Waals surface area contributed by atoms with Crippen LogP contribution in [0, 0.1) is 0 Å². The van der Waals surface area contributed by atoms with Gasteiger partial charge in [0, 0.05) is 0 Å². The molecule has 2 unspecified atom stereocenters. The van der Waals surface area contributed by atoms with Crippen molar-refractivity contribution in [2.24, 2.45) is 0 Å². The molecule has 0 N–H and O–H groups in total. The Balaban J connectivity index is 2.00. The molecule has 0 radical (unpaired) electrons. The van der Waals surface area contributed by atoms with Gasteiger partial charge in [0.15, 0.2) is 0 Å². The van der Waals surface area contributed by atoms with Gasteiger partial charge in [-0.05, 0) is 50.3 Å². The second-order valence-electron chi connectivity index (χ2n) is 4.33. The standard InChI is InChI=1S/C12H26P2/c1-2-5-9-13-11-7-4-8-12-14-10-6-3-1/h13-14H,1-12H2. The molecular weight excluding hydrogens is 206 g/mol. The predicted molar refractivity (Wildman–Crippen MR) is 73.0 cm³/mol. The zero-order valence-corrected chi connectivity index (χ0v) is 11.5. The first-order valence-electron chi connectivity index (χ1n) is 6.41. The normalized spacial score (nSPS) is 27.4. The number of hydrogen-bond donors (Lipinski definition) is 0. The average Bonchev–Trinajstić information content (AvgIpc) is 2.22. The van der Waals surface area contributed by atoms with Gasteiger partial charge < -0.3 is 0 Å². The van der Waals surface area contributed by atoms with E-state index in [9.17, 15) is 0 Å². The van der Waals surface area contributed by atoms with Gasteiger partial charge in [-0.15, -0.1) is 17.2 Å². The van der Waals surface area contributed by atoms with Gasteiger partial charge in [-0.2, -0.15) is 0 Å². The summed E-state index contributed by atoms with van der Waals surface area (Å²) < 4.78 is 0. The molecule has 0 amide bonds. The molecule has 0 aromatic rings. The fourth-order valence-electron chi connectivity index (χ4n) is 1.96. The first kappa shape index (κ1) is 12.9. The first-order valence-corrected chi connectivity index (χ1v) is 9.24. The molecule has 0 aliphatic carbocycles. The molecule has 0 spiro atoms. The Bertz CT molecular complexity index is 61.6. The van der Waals surface area contributed by atoms with Crippen LogP contribution < -0.4 is 0 Å². The lowest BCUT2D eigenvalue weighted by Gasteiger charge is -2.06. The quantitative estimate of drug-likeness (QED) is 0.540. The molecule has 0 bridgehead atoms. The highest BCUT2D eigenvalue weighted by molar-refractivity contribution is 7.38. The third-order valence-corrected chi connectivity index (χ3v) is 5.74. The lowest BCUT2D eigenvalue weighted by molar-refractivity contribution is 0.660. The fourth-order valence-corrected chi connectivity index (χ4v) is 4.46. The van der Waals surface area contributed by atoms with E-state index in [-0.39, 0.29) is 0 Å². The third kappa shape index (κ3) is 8.19. The molecule has 2 atom stereocenters. The molecule has 1 heterocycles. The van der Waals surface area contributed by atoms with Crippen LogP contribution in [0.25, 0.3) is 0 Å². The molecule has 1 rings (SSSR count). The molecule has 14 heavy (non-hydrogen) atoms. The first-order chi connectivity index (χ1) is 7.00. The van der Waals surface area contributed by atoms with E-state index in [4.69, 9.17) is 0 Å². The van der Waals surface area contributed by atoms with Crippen LogP contribution in [0.1, 0.15) is 51.4 Å². The Labute approximate surface area is 93.6 Å². The Hall–Kier alpha value is 0.860. The fraction of sp³-hybridized carbons (Fsp3) is 1.00. The van der Waals surface area contributed by atoms with Crippen molar-refractivity contribution in [1.29, 1.82) is 0 Å². The maximum absolute atomic E-state index is 1.53. The van der Waals surface area contributed by atoms with E-state index >= 15 is 0 Å². The molecule has 1 fully saturated rings. The van der Waals surface area contributed by atoms with Gasteiger partial charge in [0.05, 0.1) is 0 Å². The molecule has 1 aliphatic rings. The summed E-state index contributed by atoms with van der Waals surface area (Å²) in [7, 11) is 2.55. The van der Waals surface area contributed by atoms with E-state index in [2.05, 4.69) is 0 Å². The molecule has 0 nitrogen and oxygen atoms in total. The molecular formula is C12H26P2. The maximum Gasteiger partial charge on any atom is -0.0353 e. The van der Waals surface area contributed by atoms with Crippen molar-refractivity contribution in [3.63, 3.8) is 0 Å². The highest BCUT2D eigenvalue weighted by atomic mass is 31.1. The van der Waals surface area contributed by atoms with Crippen LogP contribution >= 0.6 is 17.2 Å². The third-order valence-electron chi connectivity index (χ3n) is 2.91. The summed E-state index contributed by atoms with van der Waals surface area (Å²) in [5.74, 6) is 0. The monoisotopic (exact) mass is 232 g/mol. The summed E-state index contributed by atoms with van der Waals surface area (Å²) in [6.45, 7) is 0. The van der Waals surface area contributed by atoms with E-state index in [1.54, 1.807) is 0 Å². The van der Waals surface area contributed by atoms with Crippen molar-refractivity contribution in [1.82, 2.24) is 0 Å². The van der Waals surface area contributed by atoms with Crippen LogP contribution in [0.4, 0.5) is 0 Å². The summed E-state index contributed by atoms with van der Waals surface area (Å²) in [5, 5.41) is 0. The van der Waals surface area contributed by atoms with Crippen LogP contribution in [0.3, 0.4) is 0 Å². The maximum atomic E-state index is 1.53. The molecule has 2 heteroatoms. The predicted octanol–water partition coefficient (Wildman–Crippen LogP) is 4.48. The van der Waals surface area contributed by atoms with Crippen molar-refractivity contribution in [2.45, 2.75) is 51.4 Å². The zero-order valence-electron chi connectivity index (χ0n) is 9.49. The minimum absolute atomic E-state index is 1.28. The highest BCUT2D eigenvalue weighted by Gasteiger charge is 1.95. The van der Waals surface area contributed by atoms with E-state index in [1.165, 1.54) is 93.2 Å². The number of rotatable bonds is 0. The van der Waals surface area contributed by atoms with Gasteiger partial charge in [0.2, 0.25) is 0 Å². The van der Waals surface area contributed by atoms with Gasteiger partial charge in [-0.25, -0.2) is 0 Å². The Morgan fingerprint density at radius 1 is 0.357 bits per heavy atom. The largest absolute Gasteiger partial charge is 0.122 e. The van der Waals surface area contributed by atoms with Crippen molar-refractivity contribution >= 4 is 17.2 Å². The second kappa shape index (κ2) is 10.4. The summed E-state index contributed by atoms with van der Waals surface area (Å²) in [5.41, 5.74) is 0. The van der Waals surface area contributed by atoms with Crippen molar-refractivity contribution in [3.8, 4) is 0 Å². The average molecular weight is 232 g/mol. The lowest BCUT2D eigenvalue weighted by Crippen LogP contribution is -1.88. The SMILES string of the molecule is C1CCCPCCCCCPCCC1. The zero-order chi connectivity index (χ0) is 9.90. The van der Waals surface area contributed by atoms with Gasteiger partial charge in [0.25, 0.3) is 0 Å². The minimum Gasteiger partial charge on any atom is -0.122 e. The van der Waals surface area contributed by atoms with Crippen LogP contribution in [0.15, 0.2) is 0 Å². The Morgan fingerprint density at radius 3 is 1.07 bits per heavy atom. The van der Waals surface area contributed by atoms with E-state index in [0.717, 1.165) is 0 Å². The molecule has 0 aromatic heterocycles. The Morgan fingerprint density at radius 2 is 0.643 bits per heavy atom. The summed E-state index contributed by atoms with van der Waals surface area (Å²) in [6.07, 6.45) is 18.2. The van der Waals surface area contributed by atoms with Crippen LogP contribution in [-0.4, -0.2) is 24.6 Å². The molecule has 84 valence electrons. The molecule has 0 aromatic carbocycles. The smallest absolute Gasteiger partial charge is 0.0353 e. The Kier molecular flexibility index (Phi) is 9.58.